The lowest BCUT2D eigenvalue weighted by atomic mass is 10.2. The van der Waals surface area contributed by atoms with Crippen molar-refractivity contribution in [1.29, 1.82) is 0 Å². The van der Waals surface area contributed by atoms with Crippen molar-refractivity contribution in [2.45, 2.75) is 4.90 Å². The Labute approximate surface area is 170 Å². The molecule has 0 atom stereocenters. The van der Waals surface area contributed by atoms with Gasteiger partial charge in [-0.05, 0) is 12.1 Å². The van der Waals surface area contributed by atoms with Gasteiger partial charge >= 0.3 is 0 Å². The maximum absolute atomic E-state index is 13.0. The molecule has 0 radical (unpaired) electrons. The van der Waals surface area contributed by atoms with E-state index in [1.54, 1.807) is 0 Å². The van der Waals surface area contributed by atoms with E-state index in [9.17, 15) is 18.5 Å². The Hall–Kier alpha value is -2.34. The summed E-state index contributed by atoms with van der Waals surface area (Å²) in [4.78, 5) is 10.3. The lowest BCUT2D eigenvalue weighted by molar-refractivity contribution is -0.385. The molecule has 1 fully saturated rings. The van der Waals surface area contributed by atoms with Crippen LogP contribution in [-0.2, 0) is 14.8 Å². The molecule has 0 unspecified atom stereocenters. The van der Waals surface area contributed by atoms with E-state index >= 15 is 0 Å². The summed E-state index contributed by atoms with van der Waals surface area (Å²) in [5, 5.41) is 15.2. The molecule has 1 aliphatic rings. The van der Waals surface area contributed by atoms with E-state index in [0.717, 1.165) is 16.1 Å². The van der Waals surface area contributed by atoms with E-state index in [1.807, 2.05) is 24.3 Å². The Morgan fingerprint density at radius 1 is 1.21 bits per heavy atom. The number of non-ortho nitro benzene ring substituents is 1. The van der Waals surface area contributed by atoms with Crippen LogP contribution in [0.2, 0.25) is 0 Å². The summed E-state index contributed by atoms with van der Waals surface area (Å²) in [6, 6.07) is 11.0. The fourth-order valence-corrected chi connectivity index (χ4v) is 4.56. The second-order valence-electron chi connectivity index (χ2n) is 5.85. The first-order chi connectivity index (χ1) is 13.4. The van der Waals surface area contributed by atoms with Gasteiger partial charge in [0.05, 0.1) is 30.0 Å². The fraction of sp³-hybridized carbons (Fsp3) is 0.235. The summed E-state index contributed by atoms with van der Waals surface area (Å²) in [6.45, 7) is 0.920. The number of morpholine rings is 1. The molecule has 1 N–H and O–H groups in total. The average molecular weight is 469 g/mol. The Morgan fingerprint density at radius 2 is 1.93 bits per heavy atom. The van der Waals surface area contributed by atoms with Crippen molar-refractivity contribution in [1.82, 2.24) is 4.31 Å². The zero-order valence-corrected chi connectivity index (χ0v) is 17.0. The number of sulfonamides is 1. The highest BCUT2D eigenvalue weighted by atomic mass is 79.9. The molecule has 148 valence electrons. The maximum Gasteiger partial charge on any atom is 0.270 e. The van der Waals surface area contributed by atoms with Gasteiger partial charge < -0.3 is 4.74 Å². The molecule has 2 aromatic rings. The van der Waals surface area contributed by atoms with Gasteiger partial charge in [-0.2, -0.15) is 9.41 Å². The first kappa shape index (κ1) is 20.4. The van der Waals surface area contributed by atoms with Gasteiger partial charge in [0.15, 0.2) is 0 Å². The molecule has 3 rings (SSSR count). The average Bonchev–Trinajstić information content (AvgIpc) is 2.70. The monoisotopic (exact) mass is 468 g/mol. The second-order valence-corrected chi connectivity index (χ2v) is 8.61. The lowest BCUT2D eigenvalue weighted by Crippen LogP contribution is -2.40. The second kappa shape index (κ2) is 8.78. The number of anilines is 1. The van der Waals surface area contributed by atoms with Crippen molar-refractivity contribution in [3.8, 4) is 0 Å². The molecular formula is C17H17BrN4O5S. The van der Waals surface area contributed by atoms with E-state index < -0.39 is 14.9 Å². The number of nitrogens with zero attached hydrogens (tertiary/aromatic N) is 3. The molecule has 1 aliphatic heterocycles. The lowest BCUT2D eigenvalue weighted by Gasteiger charge is -2.26. The van der Waals surface area contributed by atoms with Gasteiger partial charge in [-0.15, -0.1) is 0 Å². The van der Waals surface area contributed by atoms with Crippen LogP contribution in [-0.4, -0.2) is 50.2 Å². The smallest absolute Gasteiger partial charge is 0.270 e. The molecule has 2 aromatic carbocycles. The molecular weight excluding hydrogens is 452 g/mol. The van der Waals surface area contributed by atoms with Crippen molar-refractivity contribution in [3.05, 3.63) is 62.6 Å². The number of ether oxygens (including phenoxy) is 1. The van der Waals surface area contributed by atoms with Crippen LogP contribution in [0.3, 0.4) is 0 Å². The van der Waals surface area contributed by atoms with Gasteiger partial charge in [0, 0.05) is 35.3 Å². The highest BCUT2D eigenvalue weighted by molar-refractivity contribution is 9.10. The van der Waals surface area contributed by atoms with Gasteiger partial charge in [0.1, 0.15) is 4.90 Å². The van der Waals surface area contributed by atoms with Crippen LogP contribution in [0.5, 0.6) is 0 Å². The number of nitro groups is 1. The maximum atomic E-state index is 13.0. The number of rotatable bonds is 6. The number of nitrogens with one attached hydrogen (secondary N) is 1. The summed E-state index contributed by atoms with van der Waals surface area (Å²) in [6.07, 6.45) is 1.52. The van der Waals surface area contributed by atoms with Gasteiger partial charge in [0.2, 0.25) is 10.0 Å². The largest absolute Gasteiger partial charge is 0.379 e. The SMILES string of the molecule is O=[N+]([O-])c1ccc(NN=Cc2ccccc2Br)c(S(=O)(=O)N2CCOCC2)c1. The standard InChI is InChI=1S/C17H17BrN4O5S/c18-15-4-2-1-3-13(15)12-19-20-16-6-5-14(22(23)24)11-17(16)28(25,26)21-7-9-27-10-8-21/h1-6,11-12,20H,7-10H2. The van der Waals surface area contributed by atoms with Crippen LogP contribution in [0.15, 0.2) is 56.9 Å². The molecule has 1 heterocycles. The summed E-state index contributed by atoms with van der Waals surface area (Å²) >= 11 is 3.40. The summed E-state index contributed by atoms with van der Waals surface area (Å²) < 4.78 is 33.3. The zero-order valence-electron chi connectivity index (χ0n) is 14.6. The Kier molecular flexibility index (Phi) is 6.39. The topological polar surface area (TPSA) is 114 Å². The summed E-state index contributed by atoms with van der Waals surface area (Å²) in [7, 11) is -3.95. The van der Waals surface area contributed by atoms with E-state index in [1.165, 1.54) is 22.7 Å². The molecule has 0 saturated carbocycles. The van der Waals surface area contributed by atoms with Crippen LogP contribution in [0.25, 0.3) is 0 Å². The molecule has 0 bridgehead atoms. The summed E-state index contributed by atoms with van der Waals surface area (Å²) in [5.41, 5.74) is 3.32. The van der Waals surface area contributed by atoms with Crippen molar-refractivity contribution in [3.63, 3.8) is 0 Å². The Balaban J connectivity index is 1.94. The highest BCUT2D eigenvalue weighted by Crippen LogP contribution is 2.29. The van der Waals surface area contributed by atoms with Crippen LogP contribution in [0.1, 0.15) is 5.56 Å². The van der Waals surface area contributed by atoms with Crippen LogP contribution >= 0.6 is 15.9 Å². The molecule has 0 spiro atoms. The molecule has 9 nitrogen and oxygen atoms in total. The molecule has 0 aromatic heterocycles. The van der Waals surface area contributed by atoms with Crippen molar-refractivity contribution in [2.75, 3.05) is 31.7 Å². The Bertz CT molecular complexity index is 1010. The van der Waals surface area contributed by atoms with Crippen LogP contribution in [0.4, 0.5) is 11.4 Å². The Morgan fingerprint density at radius 3 is 2.61 bits per heavy atom. The van der Waals surface area contributed by atoms with Gasteiger partial charge in [-0.3, -0.25) is 15.5 Å². The van der Waals surface area contributed by atoms with Crippen molar-refractivity contribution in [2.24, 2.45) is 5.10 Å². The number of nitro benzene ring substituents is 1. The van der Waals surface area contributed by atoms with E-state index in [0.29, 0.717) is 0 Å². The predicted octanol–water partition coefficient (Wildman–Crippen LogP) is 2.82. The van der Waals surface area contributed by atoms with E-state index in [4.69, 9.17) is 4.74 Å². The number of hydrazone groups is 1. The van der Waals surface area contributed by atoms with Gasteiger partial charge in [-0.25, -0.2) is 8.42 Å². The minimum absolute atomic E-state index is 0.153. The minimum atomic E-state index is -3.95. The summed E-state index contributed by atoms with van der Waals surface area (Å²) in [5.74, 6) is 0. The fourth-order valence-electron chi connectivity index (χ4n) is 2.61. The first-order valence-corrected chi connectivity index (χ1v) is 10.5. The molecule has 28 heavy (non-hydrogen) atoms. The van der Waals surface area contributed by atoms with Crippen molar-refractivity contribution >= 4 is 43.5 Å². The van der Waals surface area contributed by atoms with E-state index in [2.05, 4.69) is 26.5 Å². The van der Waals surface area contributed by atoms with Crippen molar-refractivity contribution < 1.29 is 18.1 Å². The number of hydrogen-bond acceptors (Lipinski definition) is 7. The third-order valence-corrected chi connectivity index (χ3v) is 6.72. The number of hydrogen-bond donors (Lipinski definition) is 1. The van der Waals surface area contributed by atoms with Crippen LogP contribution in [0, 0.1) is 10.1 Å². The third-order valence-electron chi connectivity index (χ3n) is 4.06. The molecule has 0 aliphatic carbocycles. The number of benzene rings is 2. The molecule has 11 heteroatoms. The normalized spacial score (nSPS) is 15.6. The molecule has 0 amide bonds. The van der Waals surface area contributed by atoms with Gasteiger partial charge in [0.25, 0.3) is 5.69 Å². The third kappa shape index (κ3) is 4.55. The highest BCUT2D eigenvalue weighted by Gasteiger charge is 2.30. The van der Waals surface area contributed by atoms with E-state index in [-0.39, 0.29) is 42.6 Å². The predicted molar refractivity (Wildman–Crippen MR) is 108 cm³/mol. The first-order valence-electron chi connectivity index (χ1n) is 8.29. The minimum Gasteiger partial charge on any atom is -0.379 e. The zero-order chi connectivity index (χ0) is 20.1. The quantitative estimate of drug-likeness (QED) is 0.396. The van der Waals surface area contributed by atoms with Crippen LogP contribution < -0.4 is 5.43 Å². The number of halogens is 1. The molecule has 1 saturated heterocycles. The van der Waals surface area contributed by atoms with Gasteiger partial charge in [-0.1, -0.05) is 34.1 Å².